The summed E-state index contributed by atoms with van der Waals surface area (Å²) in [5, 5.41) is 0. The molecule has 16 heavy (non-hydrogen) atoms. The molecule has 0 aliphatic heterocycles. The molecule has 0 aliphatic carbocycles. The van der Waals surface area contributed by atoms with Crippen LogP contribution in [0.4, 0.5) is 0 Å². The SMILES string of the molecule is CCOc1cccc(C(=CC=O)N(C)C)c1. The van der Waals surface area contributed by atoms with Crippen molar-refractivity contribution in [2.45, 2.75) is 6.92 Å². The Labute approximate surface area is 96.3 Å². The van der Waals surface area contributed by atoms with E-state index in [9.17, 15) is 4.79 Å². The Hall–Kier alpha value is -1.77. The number of aldehydes is 1. The van der Waals surface area contributed by atoms with Gasteiger partial charge in [-0.2, -0.15) is 0 Å². The van der Waals surface area contributed by atoms with Crippen molar-refractivity contribution in [1.29, 1.82) is 0 Å². The number of rotatable bonds is 5. The fourth-order valence-corrected chi connectivity index (χ4v) is 1.48. The molecule has 0 saturated carbocycles. The molecule has 0 aromatic heterocycles. The standard InChI is InChI=1S/C13H17NO2/c1-4-16-12-7-5-6-11(10-12)13(8-9-15)14(2)3/h5-10H,4H2,1-3H3. The van der Waals surface area contributed by atoms with Crippen LogP contribution in [0.5, 0.6) is 5.75 Å². The summed E-state index contributed by atoms with van der Waals surface area (Å²) in [6.07, 6.45) is 2.34. The number of hydrogen-bond acceptors (Lipinski definition) is 3. The van der Waals surface area contributed by atoms with Crippen LogP contribution in [0.2, 0.25) is 0 Å². The molecule has 0 amide bonds. The molecule has 1 rings (SSSR count). The average molecular weight is 219 g/mol. The Morgan fingerprint density at radius 3 is 2.75 bits per heavy atom. The van der Waals surface area contributed by atoms with Crippen LogP contribution in [-0.2, 0) is 4.79 Å². The van der Waals surface area contributed by atoms with Gasteiger partial charge in [-0.1, -0.05) is 12.1 Å². The lowest BCUT2D eigenvalue weighted by molar-refractivity contribution is -0.104. The molecular formula is C13H17NO2. The smallest absolute Gasteiger partial charge is 0.144 e. The lowest BCUT2D eigenvalue weighted by Crippen LogP contribution is -2.10. The second-order valence-electron chi connectivity index (χ2n) is 3.54. The van der Waals surface area contributed by atoms with Crippen molar-refractivity contribution in [2.24, 2.45) is 0 Å². The van der Waals surface area contributed by atoms with Gasteiger partial charge in [0.15, 0.2) is 0 Å². The molecule has 1 aromatic rings. The van der Waals surface area contributed by atoms with Gasteiger partial charge >= 0.3 is 0 Å². The first kappa shape index (κ1) is 12.3. The van der Waals surface area contributed by atoms with Gasteiger partial charge in [-0.15, -0.1) is 0 Å². The van der Waals surface area contributed by atoms with E-state index in [1.165, 1.54) is 0 Å². The fourth-order valence-electron chi connectivity index (χ4n) is 1.48. The zero-order valence-corrected chi connectivity index (χ0v) is 9.93. The van der Waals surface area contributed by atoms with Crippen molar-refractivity contribution in [3.63, 3.8) is 0 Å². The second-order valence-corrected chi connectivity index (χ2v) is 3.54. The first-order chi connectivity index (χ1) is 7.69. The lowest BCUT2D eigenvalue weighted by Gasteiger charge is -2.17. The number of benzene rings is 1. The van der Waals surface area contributed by atoms with Crippen molar-refractivity contribution in [2.75, 3.05) is 20.7 Å². The molecule has 3 nitrogen and oxygen atoms in total. The normalized spacial score (nSPS) is 11.1. The molecule has 0 saturated heterocycles. The van der Waals surface area contributed by atoms with Crippen LogP contribution in [0.1, 0.15) is 12.5 Å². The van der Waals surface area contributed by atoms with Crippen molar-refractivity contribution in [1.82, 2.24) is 4.90 Å². The summed E-state index contributed by atoms with van der Waals surface area (Å²) < 4.78 is 5.42. The van der Waals surface area contributed by atoms with E-state index in [1.807, 2.05) is 50.2 Å². The molecule has 0 radical (unpaired) electrons. The predicted molar refractivity (Wildman–Crippen MR) is 65.3 cm³/mol. The monoisotopic (exact) mass is 219 g/mol. The summed E-state index contributed by atoms with van der Waals surface area (Å²) in [7, 11) is 3.81. The zero-order chi connectivity index (χ0) is 12.0. The van der Waals surface area contributed by atoms with Crippen LogP contribution < -0.4 is 4.74 Å². The Morgan fingerprint density at radius 2 is 2.19 bits per heavy atom. The summed E-state index contributed by atoms with van der Waals surface area (Å²) in [6.45, 7) is 2.58. The first-order valence-corrected chi connectivity index (χ1v) is 5.25. The number of hydrogen-bond donors (Lipinski definition) is 0. The van der Waals surface area contributed by atoms with E-state index in [4.69, 9.17) is 4.74 Å². The summed E-state index contributed by atoms with van der Waals surface area (Å²) in [5.41, 5.74) is 1.85. The predicted octanol–water partition coefficient (Wildman–Crippen LogP) is 2.19. The quantitative estimate of drug-likeness (QED) is 0.561. The number of allylic oxidation sites excluding steroid dienone is 1. The minimum Gasteiger partial charge on any atom is -0.494 e. The maximum absolute atomic E-state index is 10.6. The molecule has 0 N–H and O–H groups in total. The molecule has 0 bridgehead atoms. The summed E-state index contributed by atoms with van der Waals surface area (Å²) in [4.78, 5) is 12.5. The van der Waals surface area contributed by atoms with E-state index < -0.39 is 0 Å². The molecule has 0 fully saturated rings. The molecule has 3 heteroatoms. The van der Waals surface area contributed by atoms with Gasteiger partial charge in [0.05, 0.1) is 6.61 Å². The van der Waals surface area contributed by atoms with Gasteiger partial charge in [0.1, 0.15) is 12.0 Å². The van der Waals surface area contributed by atoms with Crippen LogP contribution >= 0.6 is 0 Å². The van der Waals surface area contributed by atoms with Gasteiger partial charge in [-0.05, 0) is 19.1 Å². The van der Waals surface area contributed by atoms with Crippen LogP contribution in [0.25, 0.3) is 5.70 Å². The summed E-state index contributed by atoms with van der Waals surface area (Å²) in [5.74, 6) is 0.818. The number of ether oxygens (including phenoxy) is 1. The molecule has 0 spiro atoms. The Morgan fingerprint density at radius 1 is 1.44 bits per heavy atom. The van der Waals surface area contributed by atoms with Gasteiger partial charge in [0.25, 0.3) is 0 Å². The van der Waals surface area contributed by atoms with Crippen molar-refractivity contribution in [3.05, 3.63) is 35.9 Å². The molecule has 86 valence electrons. The van der Waals surface area contributed by atoms with Crippen LogP contribution in [-0.4, -0.2) is 31.9 Å². The van der Waals surface area contributed by atoms with E-state index in [0.29, 0.717) is 6.61 Å². The zero-order valence-electron chi connectivity index (χ0n) is 9.93. The van der Waals surface area contributed by atoms with Crippen LogP contribution in [0, 0.1) is 0 Å². The first-order valence-electron chi connectivity index (χ1n) is 5.25. The number of nitrogens with zero attached hydrogens (tertiary/aromatic N) is 1. The lowest BCUT2D eigenvalue weighted by atomic mass is 10.1. The molecule has 0 heterocycles. The molecule has 0 atom stereocenters. The van der Waals surface area contributed by atoms with Crippen LogP contribution in [0.3, 0.4) is 0 Å². The fraction of sp³-hybridized carbons (Fsp3) is 0.308. The highest BCUT2D eigenvalue weighted by Gasteiger charge is 2.04. The second kappa shape index (κ2) is 5.95. The maximum Gasteiger partial charge on any atom is 0.144 e. The van der Waals surface area contributed by atoms with Gasteiger partial charge in [-0.3, -0.25) is 4.79 Å². The van der Waals surface area contributed by atoms with E-state index in [0.717, 1.165) is 23.3 Å². The Bertz CT molecular complexity index is 383. The molecular weight excluding hydrogens is 202 g/mol. The number of carbonyl (C=O) groups is 1. The van der Waals surface area contributed by atoms with E-state index >= 15 is 0 Å². The minimum atomic E-state index is 0.637. The maximum atomic E-state index is 10.6. The third-order valence-corrected chi connectivity index (χ3v) is 2.15. The van der Waals surface area contributed by atoms with Gasteiger partial charge in [0, 0.05) is 31.4 Å². The third-order valence-electron chi connectivity index (χ3n) is 2.15. The Kier molecular flexibility index (Phi) is 4.58. The molecule has 0 unspecified atom stereocenters. The van der Waals surface area contributed by atoms with Crippen molar-refractivity contribution in [3.8, 4) is 5.75 Å². The highest BCUT2D eigenvalue weighted by Crippen LogP contribution is 2.21. The molecule has 1 aromatic carbocycles. The van der Waals surface area contributed by atoms with Crippen molar-refractivity contribution < 1.29 is 9.53 Å². The highest BCUT2D eigenvalue weighted by atomic mass is 16.5. The molecule has 0 aliphatic rings. The van der Waals surface area contributed by atoms with Crippen LogP contribution in [0.15, 0.2) is 30.3 Å². The topological polar surface area (TPSA) is 29.5 Å². The largest absolute Gasteiger partial charge is 0.494 e. The average Bonchev–Trinajstić information content (AvgIpc) is 2.26. The van der Waals surface area contributed by atoms with Gasteiger partial charge in [0.2, 0.25) is 0 Å². The van der Waals surface area contributed by atoms with E-state index in [-0.39, 0.29) is 0 Å². The minimum absolute atomic E-state index is 0.637. The summed E-state index contributed by atoms with van der Waals surface area (Å²) >= 11 is 0. The van der Waals surface area contributed by atoms with Gasteiger partial charge in [-0.25, -0.2) is 0 Å². The highest BCUT2D eigenvalue weighted by molar-refractivity contribution is 5.80. The van der Waals surface area contributed by atoms with E-state index in [1.54, 1.807) is 6.08 Å². The Balaban J connectivity index is 3.05. The number of carbonyl (C=O) groups excluding carboxylic acids is 1. The third kappa shape index (κ3) is 3.12. The summed E-state index contributed by atoms with van der Waals surface area (Å²) in [6, 6.07) is 7.71. The van der Waals surface area contributed by atoms with E-state index in [2.05, 4.69) is 0 Å². The van der Waals surface area contributed by atoms with Crippen molar-refractivity contribution >= 4 is 12.0 Å². The van der Waals surface area contributed by atoms with Gasteiger partial charge < -0.3 is 9.64 Å².